The highest BCUT2D eigenvalue weighted by molar-refractivity contribution is 4.89. The molecule has 1 aliphatic rings. The molecular formula is C8H16O5. The maximum absolute atomic E-state index is 9.52. The molecule has 5 heteroatoms. The summed E-state index contributed by atoms with van der Waals surface area (Å²) in [7, 11) is 1.40. The molecule has 78 valence electrons. The largest absolute Gasteiger partial charge is 0.391 e. The predicted molar refractivity (Wildman–Crippen MR) is 44.0 cm³/mol. The number of hydrogen-bond donors (Lipinski definition) is 3. The highest BCUT2D eigenvalue weighted by Gasteiger charge is 2.47. The Hall–Kier alpha value is -0.200. The molecule has 1 saturated heterocycles. The Bertz CT molecular complexity index is 168. The van der Waals surface area contributed by atoms with E-state index in [1.807, 2.05) is 0 Å². The summed E-state index contributed by atoms with van der Waals surface area (Å²) in [5.74, 6) is -1.65. The molecule has 5 nitrogen and oxygen atoms in total. The Balaban J connectivity index is 2.77. The molecule has 4 atom stereocenters. The van der Waals surface area contributed by atoms with Crippen LogP contribution in [-0.4, -0.2) is 53.6 Å². The smallest absolute Gasteiger partial charge is 0.196 e. The van der Waals surface area contributed by atoms with Crippen molar-refractivity contribution < 1.29 is 24.8 Å². The van der Waals surface area contributed by atoms with Crippen molar-refractivity contribution in [2.24, 2.45) is 5.92 Å². The molecule has 0 aromatic carbocycles. The van der Waals surface area contributed by atoms with Crippen molar-refractivity contribution in [3.63, 3.8) is 0 Å². The number of rotatable bonds is 2. The molecule has 0 aliphatic carbocycles. The quantitative estimate of drug-likeness (QED) is 0.507. The molecule has 0 bridgehead atoms. The minimum atomic E-state index is -1.18. The zero-order chi connectivity index (χ0) is 10.1. The third-order valence-electron chi connectivity index (χ3n) is 2.66. The van der Waals surface area contributed by atoms with Crippen LogP contribution in [0.3, 0.4) is 0 Å². The fourth-order valence-electron chi connectivity index (χ4n) is 1.55. The first-order valence-corrected chi connectivity index (χ1v) is 4.23. The molecule has 3 N–H and O–H groups in total. The summed E-state index contributed by atoms with van der Waals surface area (Å²) in [5, 5.41) is 27.9. The van der Waals surface area contributed by atoms with Crippen LogP contribution in [0.4, 0.5) is 0 Å². The van der Waals surface area contributed by atoms with Crippen LogP contribution >= 0.6 is 0 Å². The van der Waals surface area contributed by atoms with Gasteiger partial charge in [0, 0.05) is 13.0 Å². The summed E-state index contributed by atoms with van der Waals surface area (Å²) < 4.78 is 10.2. The van der Waals surface area contributed by atoms with E-state index in [4.69, 9.17) is 14.6 Å². The average molecular weight is 192 g/mol. The molecule has 0 amide bonds. The van der Waals surface area contributed by atoms with Crippen LogP contribution in [0.5, 0.6) is 0 Å². The highest BCUT2D eigenvalue weighted by atomic mass is 16.7. The van der Waals surface area contributed by atoms with E-state index < -0.39 is 23.9 Å². The van der Waals surface area contributed by atoms with E-state index in [1.54, 1.807) is 6.92 Å². The fraction of sp³-hybridized carbons (Fsp3) is 1.00. The summed E-state index contributed by atoms with van der Waals surface area (Å²) >= 11 is 0. The van der Waals surface area contributed by atoms with Gasteiger partial charge in [-0.05, 0) is 0 Å². The summed E-state index contributed by atoms with van der Waals surface area (Å²) in [6.45, 7) is 1.29. The number of methoxy groups -OCH3 is 1. The second-order valence-corrected chi connectivity index (χ2v) is 3.33. The second kappa shape index (κ2) is 3.89. The lowest BCUT2D eigenvalue weighted by atomic mass is 9.89. The molecule has 3 unspecified atom stereocenters. The van der Waals surface area contributed by atoms with Gasteiger partial charge in [-0.2, -0.15) is 0 Å². The van der Waals surface area contributed by atoms with Gasteiger partial charge in [0.2, 0.25) is 0 Å². The standard InChI is InChI=1S/C8H16O5/c1-5-7(11)6(10)3-13-8(5,4-9)12-2/h5-7,9-11H,3-4H2,1-2H3/t5-,6?,7?,8?/m1/s1. The zero-order valence-corrected chi connectivity index (χ0v) is 7.80. The molecule has 1 heterocycles. The Morgan fingerprint density at radius 1 is 1.54 bits per heavy atom. The third-order valence-corrected chi connectivity index (χ3v) is 2.66. The van der Waals surface area contributed by atoms with Gasteiger partial charge in [-0.3, -0.25) is 0 Å². The predicted octanol–water partition coefficient (Wildman–Crippen LogP) is -1.29. The molecule has 0 saturated carbocycles. The molecule has 0 radical (unpaired) electrons. The van der Waals surface area contributed by atoms with E-state index in [0.29, 0.717) is 0 Å². The van der Waals surface area contributed by atoms with E-state index in [0.717, 1.165) is 0 Å². The van der Waals surface area contributed by atoms with Crippen LogP contribution in [0.1, 0.15) is 6.92 Å². The van der Waals surface area contributed by atoms with E-state index in [1.165, 1.54) is 7.11 Å². The van der Waals surface area contributed by atoms with Crippen LogP contribution in [0.25, 0.3) is 0 Å². The lowest BCUT2D eigenvalue weighted by molar-refractivity contribution is -0.322. The monoisotopic (exact) mass is 192 g/mol. The molecule has 1 aliphatic heterocycles. The number of aliphatic hydroxyl groups is 3. The van der Waals surface area contributed by atoms with Gasteiger partial charge in [0.1, 0.15) is 6.10 Å². The van der Waals surface area contributed by atoms with Gasteiger partial charge in [-0.1, -0.05) is 6.92 Å². The normalized spacial score (nSPS) is 46.4. The lowest BCUT2D eigenvalue weighted by Crippen LogP contribution is -2.58. The van der Waals surface area contributed by atoms with E-state index in [-0.39, 0.29) is 13.2 Å². The van der Waals surface area contributed by atoms with Crippen molar-refractivity contribution in [3.05, 3.63) is 0 Å². The van der Waals surface area contributed by atoms with Gasteiger partial charge in [-0.25, -0.2) is 0 Å². The second-order valence-electron chi connectivity index (χ2n) is 3.33. The lowest BCUT2D eigenvalue weighted by Gasteiger charge is -2.44. The van der Waals surface area contributed by atoms with E-state index in [9.17, 15) is 10.2 Å². The molecule has 1 fully saturated rings. The first-order valence-electron chi connectivity index (χ1n) is 4.23. The minimum Gasteiger partial charge on any atom is -0.391 e. The molecule has 13 heavy (non-hydrogen) atoms. The Labute approximate surface area is 76.9 Å². The molecule has 1 rings (SSSR count). The summed E-state index contributed by atoms with van der Waals surface area (Å²) in [4.78, 5) is 0. The summed E-state index contributed by atoms with van der Waals surface area (Å²) in [5.41, 5.74) is 0. The SMILES string of the molecule is COC1(CO)OCC(O)C(O)[C@H]1C. The summed E-state index contributed by atoms with van der Waals surface area (Å²) in [6, 6.07) is 0. The van der Waals surface area contributed by atoms with Crippen molar-refractivity contribution >= 4 is 0 Å². The van der Waals surface area contributed by atoms with Crippen LogP contribution in [0.2, 0.25) is 0 Å². The van der Waals surface area contributed by atoms with Gasteiger partial charge in [0.15, 0.2) is 5.79 Å². The number of ether oxygens (including phenoxy) is 2. The topological polar surface area (TPSA) is 79.2 Å². The van der Waals surface area contributed by atoms with Gasteiger partial charge in [-0.15, -0.1) is 0 Å². The Morgan fingerprint density at radius 3 is 2.62 bits per heavy atom. The van der Waals surface area contributed by atoms with Crippen molar-refractivity contribution in [2.45, 2.75) is 24.9 Å². The maximum Gasteiger partial charge on any atom is 0.196 e. The molecule has 0 aromatic rings. The zero-order valence-electron chi connectivity index (χ0n) is 7.80. The highest BCUT2D eigenvalue weighted by Crippen LogP contribution is 2.31. The fourth-order valence-corrected chi connectivity index (χ4v) is 1.55. The number of aliphatic hydroxyl groups excluding tert-OH is 3. The Morgan fingerprint density at radius 2 is 2.15 bits per heavy atom. The first kappa shape index (κ1) is 10.9. The van der Waals surface area contributed by atoms with Crippen LogP contribution < -0.4 is 0 Å². The average Bonchev–Trinajstić information content (AvgIpc) is 2.16. The Kier molecular flexibility index (Phi) is 3.26. The summed E-state index contributed by atoms with van der Waals surface area (Å²) in [6.07, 6.45) is -1.84. The molecule has 0 aromatic heterocycles. The van der Waals surface area contributed by atoms with Gasteiger partial charge >= 0.3 is 0 Å². The van der Waals surface area contributed by atoms with Crippen molar-refractivity contribution in [1.82, 2.24) is 0 Å². The van der Waals surface area contributed by atoms with Gasteiger partial charge in [0.05, 0.1) is 19.3 Å². The van der Waals surface area contributed by atoms with Crippen LogP contribution in [0.15, 0.2) is 0 Å². The maximum atomic E-state index is 9.52. The van der Waals surface area contributed by atoms with Crippen LogP contribution in [-0.2, 0) is 9.47 Å². The van der Waals surface area contributed by atoms with E-state index >= 15 is 0 Å². The minimum absolute atomic E-state index is 0.0279. The van der Waals surface area contributed by atoms with Gasteiger partial charge in [0.25, 0.3) is 0 Å². The number of hydrogen-bond acceptors (Lipinski definition) is 5. The van der Waals surface area contributed by atoms with Crippen LogP contribution in [0, 0.1) is 5.92 Å². The molecular weight excluding hydrogens is 176 g/mol. The molecule has 0 spiro atoms. The van der Waals surface area contributed by atoms with Crippen molar-refractivity contribution in [2.75, 3.05) is 20.3 Å². The van der Waals surface area contributed by atoms with Gasteiger partial charge < -0.3 is 24.8 Å². The first-order chi connectivity index (χ1) is 6.07. The van der Waals surface area contributed by atoms with Crippen molar-refractivity contribution in [3.8, 4) is 0 Å². The van der Waals surface area contributed by atoms with Crippen molar-refractivity contribution in [1.29, 1.82) is 0 Å². The van der Waals surface area contributed by atoms with E-state index in [2.05, 4.69) is 0 Å². The third kappa shape index (κ3) is 1.70.